The van der Waals surface area contributed by atoms with E-state index in [4.69, 9.17) is 4.74 Å². The van der Waals surface area contributed by atoms with Gasteiger partial charge < -0.3 is 15.1 Å². The number of rotatable bonds is 7. The fraction of sp³-hybridized carbons (Fsp3) is 0.600. The summed E-state index contributed by atoms with van der Waals surface area (Å²) in [5.41, 5.74) is 5.76. The van der Waals surface area contributed by atoms with Crippen LogP contribution < -0.4 is 10.9 Å². The Morgan fingerprint density at radius 3 is 2.64 bits per heavy atom. The summed E-state index contributed by atoms with van der Waals surface area (Å²) in [5.74, 6) is 1.33. The van der Waals surface area contributed by atoms with E-state index in [1.165, 1.54) is 0 Å². The van der Waals surface area contributed by atoms with E-state index in [0.717, 1.165) is 5.88 Å². The highest BCUT2D eigenvalue weighted by Gasteiger charge is 2.03. The van der Waals surface area contributed by atoms with E-state index in [9.17, 15) is 0 Å². The molecule has 0 aliphatic carbocycles. The summed E-state index contributed by atoms with van der Waals surface area (Å²) in [4.78, 5) is 1.97. The Kier molecular flexibility index (Phi) is 6.66. The molecule has 0 heterocycles. The molecule has 0 fully saturated rings. The SMILES string of the molecule is C=CNNCN(C)/C(=C\C(C)C)OC. The second-order valence-corrected chi connectivity index (χ2v) is 3.33. The van der Waals surface area contributed by atoms with Gasteiger partial charge in [-0.15, -0.1) is 0 Å². The first-order valence-corrected chi connectivity index (χ1v) is 4.68. The van der Waals surface area contributed by atoms with Crippen molar-refractivity contribution >= 4 is 0 Å². The van der Waals surface area contributed by atoms with Gasteiger partial charge in [0.2, 0.25) is 0 Å². The molecular weight excluding hydrogens is 178 g/mol. The Bertz CT molecular complexity index is 190. The number of hydrogen-bond donors (Lipinski definition) is 2. The molecule has 0 atom stereocenters. The molecule has 0 bridgehead atoms. The molecule has 0 aromatic heterocycles. The maximum absolute atomic E-state index is 5.25. The number of nitrogens with one attached hydrogen (secondary N) is 2. The van der Waals surface area contributed by atoms with Gasteiger partial charge >= 0.3 is 0 Å². The number of hydrogen-bond acceptors (Lipinski definition) is 4. The van der Waals surface area contributed by atoms with Gasteiger partial charge in [-0.3, -0.25) is 0 Å². The third-order valence-electron chi connectivity index (χ3n) is 1.58. The second kappa shape index (κ2) is 7.26. The van der Waals surface area contributed by atoms with Gasteiger partial charge in [0.25, 0.3) is 0 Å². The molecule has 0 radical (unpaired) electrons. The Morgan fingerprint density at radius 2 is 2.21 bits per heavy atom. The standard InChI is InChI=1S/C10H21N3O/c1-6-11-12-8-13(4)10(14-5)7-9(2)3/h6-7,9,11-12H,1,8H2,2-5H3/b10-7+. The molecule has 0 aliphatic heterocycles. The van der Waals surface area contributed by atoms with Gasteiger partial charge in [0.05, 0.1) is 13.8 Å². The number of methoxy groups -OCH3 is 1. The maximum Gasteiger partial charge on any atom is 0.185 e. The predicted octanol–water partition coefficient (Wildman–Crippen LogP) is 1.26. The smallest absolute Gasteiger partial charge is 0.185 e. The summed E-state index contributed by atoms with van der Waals surface area (Å²) in [5, 5.41) is 0. The lowest BCUT2D eigenvalue weighted by Gasteiger charge is -2.22. The van der Waals surface area contributed by atoms with E-state index < -0.39 is 0 Å². The average Bonchev–Trinajstić information content (AvgIpc) is 2.14. The number of nitrogens with zero attached hydrogens (tertiary/aromatic N) is 1. The van der Waals surface area contributed by atoms with Crippen molar-refractivity contribution in [2.45, 2.75) is 13.8 Å². The van der Waals surface area contributed by atoms with Crippen molar-refractivity contribution in [1.29, 1.82) is 0 Å². The van der Waals surface area contributed by atoms with Crippen LogP contribution in [0.5, 0.6) is 0 Å². The predicted molar refractivity (Wildman–Crippen MR) is 59.0 cm³/mol. The molecule has 14 heavy (non-hydrogen) atoms. The van der Waals surface area contributed by atoms with Crippen molar-refractivity contribution in [2.75, 3.05) is 20.8 Å². The molecule has 0 aromatic rings. The third kappa shape index (κ3) is 5.48. The molecular formula is C10H21N3O. The number of allylic oxidation sites excluding steroid dienone is 1. The van der Waals surface area contributed by atoms with E-state index in [2.05, 4.69) is 37.4 Å². The number of ether oxygens (including phenoxy) is 1. The van der Waals surface area contributed by atoms with Gasteiger partial charge in [-0.25, -0.2) is 5.43 Å². The van der Waals surface area contributed by atoms with Crippen LogP contribution >= 0.6 is 0 Å². The minimum atomic E-state index is 0.472. The van der Waals surface area contributed by atoms with Crippen molar-refractivity contribution in [2.24, 2.45) is 5.92 Å². The minimum Gasteiger partial charge on any atom is -0.483 e. The van der Waals surface area contributed by atoms with E-state index >= 15 is 0 Å². The highest BCUT2D eigenvalue weighted by molar-refractivity contribution is 4.93. The van der Waals surface area contributed by atoms with Gasteiger partial charge in [0.15, 0.2) is 5.88 Å². The summed E-state index contributed by atoms with van der Waals surface area (Å²) in [7, 11) is 3.63. The molecule has 4 heteroatoms. The van der Waals surface area contributed by atoms with Crippen LogP contribution in [0.25, 0.3) is 0 Å². The summed E-state index contributed by atoms with van der Waals surface area (Å²) in [6.07, 6.45) is 3.65. The lowest BCUT2D eigenvalue weighted by Crippen LogP contribution is -2.37. The van der Waals surface area contributed by atoms with Crippen LogP contribution in [0.3, 0.4) is 0 Å². The lowest BCUT2D eigenvalue weighted by atomic mass is 10.2. The Hall–Kier alpha value is -1.16. The molecule has 0 saturated heterocycles. The Balaban J connectivity index is 4.03. The molecule has 0 rings (SSSR count). The number of hydrazine groups is 1. The molecule has 2 N–H and O–H groups in total. The minimum absolute atomic E-state index is 0.472. The molecule has 4 nitrogen and oxygen atoms in total. The van der Waals surface area contributed by atoms with E-state index in [0.29, 0.717) is 12.6 Å². The average molecular weight is 199 g/mol. The van der Waals surface area contributed by atoms with Crippen LogP contribution in [0.2, 0.25) is 0 Å². The first kappa shape index (κ1) is 12.8. The van der Waals surface area contributed by atoms with Crippen LogP contribution in [0.4, 0.5) is 0 Å². The fourth-order valence-corrected chi connectivity index (χ4v) is 0.951. The zero-order valence-electron chi connectivity index (χ0n) is 9.50. The Labute approximate surface area is 86.6 Å². The molecule has 0 unspecified atom stereocenters. The van der Waals surface area contributed by atoms with Crippen LogP contribution in [-0.4, -0.2) is 25.7 Å². The highest BCUT2D eigenvalue weighted by Crippen LogP contribution is 2.05. The van der Waals surface area contributed by atoms with Crippen molar-refractivity contribution in [3.8, 4) is 0 Å². The van der Waals surface area contributed by atoms with Gasteiger partial charge in [0.1, 0.15) is 0 Å². The normalized spacial score (nSPS) is 11.4. The summed E-state index contributed by atoms with van der Waals surface area (Å²) < 4.78 is 5.25. The Morgan fingerprint density at radius 1 is 1.57 bits per heavy atom. The van der Waals surface area contributed by atoms with Crippen molar-refractivity contribution in [3.63, 3.8) is 0 Å². The van der Waals surface area contributed by atoms with E-state index in [-0.39, 0.29) is 0 Å². The highest BCUT2D eigenvalue weighted by atomic mass is 16.5. The van der Waals surface area contributed by atoms with Gasteiger partial charge in [0, 0.05) is 13.2 Å². The molecule has 0 saturated carbocycles. The topological polar surface area (TPSA) is 36.5 Å². The zero-order chi connectivity index (χ0) is 11.0. The largest absolute Gasteiger partial charge is 0.483 e. The summed E-state index contributed by atoms with van der Waals surface area (Å²) in [6, 6.07) is 0. The summed E-state index contributed by atoms with van der Waals surface area (Å²) in [6.45, 7) is 8.41. The molecule has 0 spiro atoms. The maximum atomic E-state index is 5.25. The van der Waals surface area contributed by atoms with Gasteiger partial charge in [-0.05, 0) is 12.0 Å². The molecule has 0 amide bonds. The zero-order valence-corrected chi connectivity index (χ0v) is 9.50. The second-order valence-electron chi connectivity index (χ2n) is 3.33. The van der Waals surface area contributed by atoms with E-state index in [1.807, 2.05) is 11.9 Å². The van der Waals surface area contributed by atoms with Crippen LogP contribution in [0.15, 0.2) is 24.7 Å². The first-order valence-electron chi connectivity index (χ1n) is 4.68. The van der Waals surface area contributed by atoms with Gasteiger partial charge in [-0.1, -0.05) is 20.4 Å². The quantitative estimate of drug-likeness (QED) is 0.280. The van der Waals surface area contributed by atoms with Crippen molar-refractivity contribution < 1.29 is 4.74 Å². The van der Waals surface area contributed by atoms with Gasteiger partial charge in [-0.2, -0.15) is 0 Å². The van der Waals surface area contributed by atoms with Crippen LogP contribution in [0.1, 0.15) is 13.8 Å². The van der Waals surface area contributed by atoms with Crippen LogP contribution in [-0.2, 0) is 4.74 Å². The van der Waals surface area contributed by atoms with Crippen LogP contribution in [0, 0.1) is 5.92 Å². The molecule has 0 aromatic carbocycles. The summed E-state index contributed by atoms with van der Waals surface area (Å²) >= 11 is 0. The lowest BCUT2D eigenvalue weighted by molar-refractivity contribution is 0.161. The fourth-order valence-electron chi connectivity index (χ4n) is 0.951. The van der Waals surface area contributed by atoms with E-state index in [1.54, 1.807) is 13.3 Å². The molecule has 0 aliphatic rings. The van der Waals surface area contributed by atoms with Crippen molar-refractivity contribution in [1.82, 2.24) is 15.8 Å². The molecule has 82 valence electrons. The first-order chi connectivity index (χ1) is 6.61. The third-order valence-corrected chi connectivity index (χ3v) is 1.58. The monoisotopic (exact) mass is 199 g/mol. The van der Waals surface area contributed by atoms with Crippen molar-refractivity contribution in [3.05, 3.63) is 24.7 Å².